The van der Waals surface area contributed by atoms with Crippen molar-refractivity contribution in [1.82, 2.24) is 0 Å². The fraction of sp³-hybridized carbons (Fsp3) is 0.333. The first-order chi connectivity index (χ1) is 6.00. The maximum absolute atomic E-state index is 2.23. The average molecular weight is 160 g/mol. The standard InChI is InChI=1S/C12H16/c1-2-4-6-8-10-12-11-9-7-5-3-1/h1-8H,9-12H2/b3-1-,4-2+,7-5+,8-6?. The molecule has 0 atom stereocenters. The Morgan fingerprint density at radius 3 is 1.42 bits per heavy atom. The van der Waals surface area contributed by atoms with Gasteiger partial charge in [0.25, 0.3) is 0 Å². The van der Waals surface area contributed by atoms with E-state index in [-0.39, 0.29) is 0 Å². The van der Waals surface area contributed by atoms with E-state index in [0.717, 1.165) is 0 Å². The molecule has 1 rings (SSSR count). The van der Waals surface area contributed by atoms with Crippen LogP contribution < -0.4 is 0 Å². The van der Waals surface area contributed by atoms with Gasteiger partial charge in [0.1, 0.15) is 0 Å². The zero-order valence-corrected chi connectivity index (χ0v) is 7.45. The zero-order chi connectivity index (χ0) is 8.49. The predicted octanol–water partition coefficient (Wildman–Crippen LogP) is 3.79. The molecule has 0 aromatic rings. The van der Waals surface area contributed by atoms with Gasteiger partial charge in [-0.25, -0.2) is 0 Å². The lowest BCUT2D eigenvalue weighted by Crippen LogP contribution is -1.72. The van der Waals surface area contributed by atoms with Crippen molar-refractivity contribution in [3.63, 3.8) is 0 Å². The summed E-state index contributed by atoms with van der Waals surface area (Å²) in [5, 5.41) is 0. The van der Waals surface area contributed by atoms with E-state index in [1.54, 1.807) is 0 Å². The van der Waals surface area contributed by atoms with Crippen molar-refractivity contribution in [3.8, 4) is 0 Å². The number of hydrogen-bond donors (Lipinski definition) is 0. The molecule has 1 aliphatic rings. The minimum Gasteiger partial charge on any atom is -0.0845 e. The number of rotatable bonds is 0. The van der Waals surface area contributed by atoms with Gasteiger partial charge in [-0.2, -0.15) is 0 Å². The van der Waals surface area contributed by atoms with E-state index in [1.807, 2.05) is 0 Å². The zero-order valence-electron chi connectivity index (χ0n) is 7.45. The maximum Gasteiger partial charge on any atom is -0.0347 e. The van der Waals surface area contributed by atoms with Crippen LogP contribution in [0.2, 0.25) is 0 Å². The summed E-state index contributed by atoms with van der Waals surface area (Å²) >= 11 is 0. The van der Waals surface area contributed by atoms with Crippen LogP contribution >= 0.6 is 0 Å². The Kier molecular flexibility index (Phi) is 5.02. The molecule has 1 aliphatic carbocycles. The molecule has 0 unspecified atom stereocenters. The Morgan fingerprint density at radius 2 is 0.917 bits per heavy atom. The summed E-state index contributed by atoms with van der Waals surface area (Å²) < 4.78 is 0. The van der Waals surface area contributed by atoms with E-state index < -0.39 is 0 Å². The molecular weight excluding hydrogens is 144 g/mol. The second-order valence-electron chi connectivity index (χ2n) is 2.91. The molecule has 0 aliphatic heterocycles. The Bertz CT molecular complexity index is 180. The average Bonchev–Trinajstić information content (AvgIpc) is 2.05. The summed E-state index contributed by atoms with van der Waals surface area (Å²) in [7, 11) is 0. The van der Waals surface area contributed by atoms with E-state index in [1.165, 1.54) is 25.7 Å². The molecule has 64 valence electrons. The highest BCUT2D eigenvalue weighted by Gasteiger charge is 1.82. The SMILES string of the molecule is C1=CCCCC/C=C/C=C\C=C\1. The van der Waals surface area contributed by atoms with Gasteiger partial charge < -0.3 is 0 Å². The van der Waals surface area contributed by atoms with Gasteiger partial charge in [-0.3, -0.25) is 0 Å². The smallest absolute Gasteiger partial charge is 0.0347 e. The molecule has 0 aromatic heterocycles. The van der Waals surface area contributed by atoms with Gasteiger partial charge in [-0.1, -0.05) is 48.6 Å². The molecule has 0 nitrogen and oxygen atoms in total. The molecule has 0 saturated carbocycles. The van der Waals surface area contributed by atoms with Gasteiger partial charge in [0.2, 0.25) is 0 Å². The topological polar surface area (TPSA) is 0 Å². The van der Waals surface area contributed by atoms with E-state index in [4.69, 9.17) is 0 Å². The van der Waals surface area contributed by atoms with Gasteiger partial charge in [-0.15, -0.1) is 0 Å². The first-order valence-electron chi connectivity index (χ1n) is 4.65. The number of allylic oxidation sites excluding steroid dienone is 8. The molecule has 0 bridgehead atoms. The molecule has 12 heavy (non-hydrogen) atoms. The molecule has 0 heterocycles. The van der Waals surface area contributed by atoms with Crippen molar-refractivity contribution >= 4 is 0 Å². The van der Waals surface area contributed by atoms with Crippen LogP contribution in [0.15, 0.2) is 48.6 Å². The van der Waals surface area contributed by atoms with Crippen molar-refractivity contribution in [3.05, 3.63) is 48.6 Å². The minimum atomic E-state index is 1.21. The third-order valence-electron chi connectivity index (χ3n) is 1.82. The van der Waals surface area contributed by atoms with Gasteiger partial charge in [0, 0.05) is 0 Å². The van der Waals surface area contributed by atoms with Crippen LogP contribution in [0.3, 0.4) is 0 Å². The van der Waals surface area contributed by atoms with E-state index in [2.05, 4.69) is 48.6 Å². The molecule has 0 aromatic carbocycles. The first kappa shape index (κ1) is 9.05. The minimum absolute atomic E-state index is 1.21. The van der Waals surface area contributed by atoms with E-state index in [9.17, 15) is 0 Å². The molecule has 0 radical (unpaired) electrons. The fourth-order valence-corrected chi connectivity index (χ4v) is 1.13. The summed E-state index contributed by atoms with van der Waals surface area (Å²) in [6.07, 6.45) is 22.0. The Hall–Kier alpha value is -1.04. The normalized spacial score (nSPS) is 26.7. The molecule has 0 fully saturated rings. The molecule has 0 N–H and O–H groups in total. The molecular formula is C12H16. The third-order valence-corrected chi connectivity index (χ3v) is 1.82. The predicted molar refractivity (Wildman–Crippen MR) is 55.0 cm³/mol. The van der Waals surface area contributed by atoms with Crippen LogP contribution in [0.1, 0.15) is 25.7 Å². The molecule has 0 amide bonds. The summed E-state index contributed by atoms with van der Waals surface area (Å²) in [6.45, 7) is 0. The summed E-state index contributed by atoms with van der Waals surface area (Å²) in [6, 6.07) is 0. The monoisotopic (exact) mass is 160 g/mol. The molecule has 0 heteroatoms. The van der Waals surface area contributed by atoms with Crippen molar-refractivity contribution in [1.29, 1.82) is 0 Å². The van der Waals surface area contributed by atoms with Gasteiger partial charge in [0.05, 0.1) is 0 Å². The van der Waals surface area contributed by atoms with Crippen molar-refractivity contribution in [2.75, 3.05) is 0 Å². The summed E-state index contributed by atoms with van der Waals surface area (Å²) in [5.41, 5.74) is 0. The second-order valence-corrected chi connectivity index (χ2v) is 2.91. The summed E-state index contributed by atoms with van der Waals surface area (Å²) in [4.78, 5) is 0. The van der Waals surface area contributed by atoms with Gasteiger partial charge in [-0.05, 0) is 25.7 Å². The highest BCUT2D eigenvalue weighted by molar-refractivity contribution is 5.15. The lowest BCUT2D eigenvalue weighted by molar-refractivity contribution is 0.762. The number of hydrogen-bond acceptors (Lipinski definition) is 0. The van der Waals surface area contributed by atoms with Gasteiger partial charge >= 0.3 is 0 Å². The van der Waals surface area contributed by atoms with Crippen LogP contribution in [-0.2, 0) is 0 Å². The van der Waals surface area contributed by atoms with E-state index in [0.29, 0.717) is 0 Å². The quantitative estimate of drug-likeness (QED) is 0.506. The lowest BCUT2D eigenvalue weighted by Gasteiger charge is -1.92. The van der Waals surface area contributed by atoms with Crippen LogP contribution in [0.5, 0.6) is 0 Å². The van der Waals surface area contributed by atoms with Crippen molar-refractivity contribution in [2.24, 2.45) is 0 Å². The van der Waals surface area contributed by atoms with Crippen molar-refractivity contribution in [2.45, 2.75) is 25.7 Å². The van der Waals surface area contributed by atoms with Gasteiger partial charge in [0.15, 0.2) is 0 Å². The Morgan fingerprint density at radius 1 is 0.500 bits per heavy atom. The lowest BCUT2D eigenvalue weighted by atomic mass is 10.1. The second kappa shape index (κ2) is 6.66. The highest BCUT2D eigenvalue weighted by atomic mass is 13.9. The Labute approximate surface area is 75.0 Å². The molecule has 0 saturated heterocycles. The van der Waals surface area contributed by atoms with Crippen LogP contribution in [0, 0.1) is 0 Å². The third kappa shape index (κ3) is 4.73. The van der Waals surface area contributed by atoms with Crippen LogP contribution in [-0.4, -0.2) is 0 Å². The summed E-state index contributed by atoms with van der Waals surface area (Å²) in [5.74, 6) is 0. The van der Waals surface area contributed by atoms with Crippen LogP contribution in [0.25, 0.3) is 0 Å². The van der Waals surface area contributed by atoms with Crippen molar-refractivity contribution < 1.29 is 0 Å². The van der Waals surface area contributed by atoms with E-state index >= 15 is 0 Å². The van der Waals surface area contributed by atoms with Crippen LogP contribution in [0.4, 0.5) is 0 Å². The molecule has 0 spiro atoms. The fourth-order valence-electron chi connectivity index (χ4n) is 1.13. The maximum atomic E-state index is 2.23. The first-order valence-corrected chi connectivity index (χ1v) is 4.65. The highest BCUT2D eigenvalue weighted by Crippen LogP contribution is 2.02. The Balaban J connectivity index is 2.43. The largest absolute Gasteiger partial charge is 0.0845 e.